The van der Waals surface area contributed by atoms with Gasteiger partial charge in [0.05, 0.1) is 6.61 Å². The van der Waals surface area contributed by atoms with Crippen molar-refractivity contribution >= 4 is 11.8 Å². The number of nitrogens with zero attached hydrogens (tertiary/aromatic N) is 5. The van der Waals surface area contributed by atoms with Crippen LogP contribution in [-0.2, 0) is 9.59 Å². The van der Waals surface area contributed by atoms with Gasteiger partial charge in [0.25, 0.3) is 0 Å². The van der Waals surface area contributed by atoms with Crippen LogP contribution in [0.3, 0.4) is 0 Å². The van der Waals surface area contributed by atoms with E-state index in [2.05, 4.69) is 15.6 Å². The van der Waals surface area contributed by atoms with Crippen LogP contribution < -0.4 is 5.43 Å². The maximum Gasteiger partial charge on any atom is 0.328 e. The van der Waals surface area contributed by atoms with Crippen LogP contribution in [0.4, 0.5) is 0 Å². The highest BCUT2D eigenvalue weighted by Crippen LogP contribution is 2.01. The predicted octanol–water partition coefficient (Wildman–Crippen LogP) is -2.52. The summed E-state index contributed by atoms with van der Waals surface area (Å²) in [6, 6.07) is 0. The number of aliphatic hydroxyl groups is 1. The van der Waals surface area contributed by atoms with Gasteiger partial charge in [0.15, 0.2) is 0 Å². The molecule has 1 aliphatic rings. The molecule has 1 fully saturated rings. The van der Waals surface area contributed by atoms with Crippen LogP contribution in [0.1, 0.15) is 0 Å². The van der Waals surface area contributed by atoms with Gasteiger partial charge in [-0.05, 0) is 0 Å². The quantitative estimate of drug-likeness (QED) is 0.587. The summed E-state index contributed by atoms with van der Waals surface area (Å²) in [5, 5.41) is 15.9. The highest BCUT2D eigenvalue weighted by molar-refractivity contribution is 6.38. The van der Waals surface area contributed by atoms with Crippen molar-refractivity contribution in [1.82, 2.24) is 24.7 Å². The number of hydrogen-bond donors (Lipinski definition) is 2. The summed E-state index contributed by atoms with van der Waals surface area (Å²) in [5.74, 6) is -1.28. The summed E-state index contributed by atoms with van der Waals surface area (Å²) in [6.07, 6.45) is 2.59. The van der Waals surface area contributed by atoms with Crippen LogP contribution >= 0.6 is 0 Å². The van der Waals surface area contributed by atoms with Gasteiger partial charge in [-0.15, -0.1) is 10.2 Å². The third kappa shape index (κ3) is 3.48. The number of rotatable bonds is 3. The standard InChI is InChI=1S/C10H16N6O3/c17-6-5-14-1-3-15(4-2-14)10(19)9(18)13-16-7-11-12-8-16/h7-8,17H,1-6H2,(H,13,18). The summed E-state index contributed by atoms with van der Waals surface area (Å²) >= 11 is 0. The smallest absolute Gasteiger partial charge is 0.328 e. The molecule has 2 rings (SSSR count). The topological polar surface area (TPSA) is 104 Å². The van der Waals surface area contributed by atoms with Crippen LogP contribution in [0.5, 0.6) is 0 Å². The fourth-order valence-corrected chi connectivity index (χ4v) is 1.88. The molecule has 19 heavy (non-hydrogen) atoms. The third-order valence-corrected chi connectivity index (χ3v) is 2.92. The van der Waals surface area contributed by atoms with E-state index in [0.29, 0.717) is 32.7 Å². The van der Waals surface area contributed by atoms with Gasteiger partial charge in [-0.25, -0.2) is 4.68 Å². The Bertz CT molecular complexity index is 426. The molecule has 9 heteroatoms. The van der Waals surface area contributed by atoms with E-state index in [9.17, 15) is 9.59 Å². The van der Waals surface area contributed by atoms with Gasteiger partial charge in [-0.2, -0.15) is 0 Å². The molecule has 1 saturated heterocycles. The first-order valence-corrected chi connectivity index (χ1v) is 5.99. The Kier molecular flexibility index (Phi) is 4.42. The molecule has 104 valence electrons. The maximum atomic E-state index is 11.9. The molecule has 1 aromatic heterocycles. The molecule has 0 unspecified atom stereocenters. The van der Waals surface area contributed by atoms with Crippen molar-refractivity contribution in [2.75, 3.05) is 44.8 Å². The van der Waals surface area contributed by atoms with Gasteiger partial charge in [-0.1, -0.05) is 0 Å². The van der Waals surface area contributed by atoms with Gasteiger partial charge in [0.1, 0.15) is 12.7 Å². The zero-order chi connectivity index (χ0) is 13.7. The van der Waals surface area contributed by atoms with Gasteiger partial charge in [0.2, 0.25) is 0 Å². The van der Waals surface area contributed by atoms with Crippen molar-refractivity contribution in [3.05, 3.63) is 12.7 Å². The average Bonchev–Trinajstić information content (AvgIpc) is 2.92. The van der Waals surface area contributed by atoms with E-state index in [4.69, 9.17) is 5.11 Å². The highest BCUT2D eigenvalue weighted by Gasteiger charge is 2.25. The molecule has 9 nitrogen and oxygen atoms in total. The number of carbonyl (C=O) groups is 2. The summed E-state index contributed by atoms with van der Waals surface area (Å²) < 4.78 is 1.22. The number of nitrogens with one attached hydrogen (secondary N) is 1. The van der Waals surface area contributed by atoms with Crippen molar-refractivity contribution in [1.29, 1.82) is 0 Å². The zero-order valence-corrected chi connectivity index (χ0v) is 10.4. The van der Waals surface area contributed by atoms with Crippen LogP contribution in [0.2, 0.25) is 0 Å². The molecular formula is C10H16N6O3. The lowest BCUT2D eigenvalue weighted by Crippen LogP contribution is -2.52. The Morgan fingerprint density at radius 3 is 2.37 bits per heavy atom. The average molecular weight is 268 g/mol. The van der Waals surface area contributed by atoms with Crippen LogP contribution in [-0.4, -0.2) is 80.9 Å². The fraction of sp³-hybridized carbons (Fsp3) is 0.600. The third-order valence-electron chi connectivity index (χ3n) is 2.92. The van der Waals surface area contributed by atoms with E-state index in [1.54, 1.807) is 0 Å². The van der Waals surface area contributed by atoms with Gasteiger partial charge in [0, 0.05) is 32.7 Å². The van der Waals surface area contributed by atoms with Crippen molar-refractivity contribution in [2.45, 2.75) is 0 Å². The summed E-state index contributed by atoms with van der Waals surface area (Å²) in [7, 11) is 0. The first-order valence-electron chi connectivity index (χ1n) is 5.99. The number of hydrogen-bond acceptors (Lipinski definition) is 6. The Hall–Kier alpha value is -2.00. The molecule has 0 spiro atoms. The molecular weight excluding hydrogens is 252 g/mol. The number of amides is 2. The van der Waals surface area contributed by atoms with Crippen molar-refractivity contribution in [3.63, 3.8) is 0 Å². The summed E-state index contributed by atoms with van der Waals surface area (Å²) in [5.41, 5.74) is 2.36. The molecule has 0 saturated carbocycles. The van der Waals surface area contributed by atoms with Gasteiger partial charge < -0.3 is 10.0 Å². The van der Waals surface area contributed by atoms with E-state index in [1.807, 2.05) is 4.90 Å². The van der Waals surface area contributed by atoms with E-state index < -0.39 is 11.8 Å². The van der Waals surface area contributed by atoms with Crippen LogP contribution in [0, 0.1) is 0 Å². The molecule has 2 N–H and O–H groups in total. The number of β-amino-alcohol motifs (C(OH)–C–C–N with tert-alkyl or cyclic N) is 1. The minimum absolute atomic E-state index is 0.0993. The number of carbonyl (C=O) groups excluding carboxylic acids is 2. The lowest BCUT2D eigenvalue weighted by Gasteiger charge is -2.33. The van der Waals surface area contributed by atoms with E-state index >= 15 is 0 Å². The molecule has 2 amide bonds. The normalized spacial score (nSPS) is 16.4. The summed E-state index contributed by atoms with van der Waals surface area (Å²) in [4.78, 5) is 27.1. The minimum atomic E-state index is -0.713. The van der Waals surface area contributed by atoms with Gasteiger partial charge in [-0.3, -0.25) is 19.9 Å². The maximum absolute atomic E-state index is 11.9. The number of aliphatic hydroxyl groups excluding tert-OH is 1. The van der Waals surface area contributed by atoms with E-state index in [0.717, 1.165) is 0 Å². The first-order chi connectivity index (χ1) is 9.20. The zero-order valence-electron chi connectivity index (χ0n) is 10.4. The van der Waals surface area contributed by atoms with E-state index in [1.165, 1.54) is 22.2 Å². The second-order valence-electron chi connectivity index (χ2n) is 4.17. The molecule has 1 aromatic rings. The van der Waals surface area contributed by atoms with E-state index in [-0.39, 0.29) is 6.61 Å². The predicted molar refractivity (Wildman–Crippen MR) is 64.5 cm³/mol. The number of aromatic nitrogens is 3. The fourth-order valence-electron chi connectivity index (χ4n) is 1.88. The monoisotopic (exact) mass is 268 g/mol. The first kappa shape index (κ1) is 13.4. The lowest BCUT2D eigenvalue weighted by molar-refractivity contribution is -0.144. The highest BCUT2D eigenvalue weighted by atomic mass is 16.3. The number of piperazine rings is 1. The minimum Gasteiger partial charge on any atom is -0.395 e. The van der Waals surface area contributed by atoms with Gasteiger partial charge >= 0.3 is 11.8 Å². The van der Waals surface area contributed by atoms with Crippen molar-refractivity contribution < 1.29 is 14.7 Å². The molecule has 0 bridgehead atoms. The van der Waals surface area contributed by atoms with Crippen LogP contribution in [0.15, 0.2) is 12.7 Å². The van der Waals surface area contributed by atoms with Crippen LogP contribution in [0.25, 0.3) is 0 Å². The Morgan fingerprint density at radius 1 is 1.16 bits per heavy atom. The largest absolute Gasteiger partial charge is 0.395 e. The molecule has 0 atom stereocenters. The Balaban J connectivity index is 1.82. The Morgan fingerprint density at radius 2 is 1.79 bits per heavy atom. The van der Waals surface area contributed by atoms with Crippen molar-refractivity contribution in [2.24, 2.45) is 0 Å². The SMILES string of the molecule is O=C(Nn1cnnc1)C(=O)N1CCN(CCO)CC1. The van der Waals surface area contributed by atoms with Crippen molar-refractivity contribution in [3.8, 4) is 0 Å². The molecule has 0 aromatic carbocycles. The Labute approximate surface area is 109 Å². The molecule has 0 radical (unpaired) electrons. The second kappa shape index (κ2) is 6.25. The molecule has 0 aliphatic carbocycles. The second-order valence-corrected chi connectivity index (χ2v) is 4.17. The molecule has 2 heterocycles. The lowest BCUT2D eigenvalue weighted by atomic mass is 10.3. The molecule has 1 aliphatic heterocycles. The summed E-state index contributed by atoms with van der Waals surface area (Å²) in [6.45, 7) is 2.97.